The molecule has 0 bridgehead atoms. The Bertz CT molecular complexity index is 391. The van der Waals surface area contributed by atoms with Crippen molar-refractivity contribution in [3.63, 3.8) is 0 Å². The van der Waals surface area contributed by atoms with E-state index in [0.29, 0.717) is 5.75 Å². The molecule has 0 radical (unpaired) electrons. The van der Waals surface area contributed by atoms with Crippen LogP contribution >= 0.6 is 11.8 Å². The van der Waals surface area contributed by atoms with Crippen molar-refractivity contribution in [2.45, 2.75) is 18.3 Å². The minimum absolute atomic E-state index is 0.0554. The SMILES string of the molecule is Cc1c([C@@H]2N[C@H](C(=O)O)CS2)cnn1C. The van der Waals surface area contributed by atoms with Crippen LogP contribution in [0.2, 0.25) is 0 Å². The quantitative estimate of drug-likeness (QED) is 0.771. The third kappa shape index (κ3) is 1.87. The number of rotatable bonds is 2. The van der Waals surface area contributed by atoms with Crippen LogP contribution in [-0.2, 0) is 11.8 Å². The number of carbonyl (C=O) groups is 1. The second-order valence-electron chi connectivity index (χ2n) is 3.58. The largest absolute Gasteiger partial charge is 0.480 e. The number of hydrogen-bond donors (Lipinski definition) is 2. The van der Waals surface area contributed by atoms with E-state index >= 15 is 0 Å². The highest BCUT2D eigenvalue weighted by atomic mass is 32.2. The fraction of sp³-hybridized carbons (Fsp3) is 0.556. The van der Waals surface area contributed by atoms with Gasteiger partial charge in [0.2, 0.25) is 0 Å². The van der Waals surface area contributed by atoms with Gasteiger partial charge in [0, 0.05) is 24.1 Å². The summed E-state index contributed by atoms with van der Waals surface area (Å²) >= 11 is 1.61. The van der Waals surface area contributed by atoms with Gasteiger partial charge in [0.1, 0.15) is 6.04 Å². The van der Waals surface area contributed by atoms with E-state index < -0.39 is 12.0 Å². The molecule has 0 unspecified atom stereocenters. The molecule has 2 heterocycles. The average Bonchev–Trinajstić information content (AvgIpc) is 2.76. The van der Waals surface area contributed by atoms with Crippen molar-refractivity contribution in [2.75, 3.05) is 5.75 Å². The second kappa shape index (κ2) is 3.86. The third-order valence-electron chi connectivity index (χ3n) is 2.64. The van der Waals surface area contributed by atoms with E-state index in [4.69, 9.17) is 5.11 Å². The van der Waals surface area contributed by atoms with Gasteiger partial charge in [-0.15, -0.1) is 11.8 Å². The molecule has 0 aliphatic carbocycles. The second-order valence-corrected chi connectivity index (χ2v) is 4.72. The molecule has 1 fully saturated rings. The highest BCUT2D eigenvalue weighted by molar-refractivity contribution is 7.99. The monoisotopic (exact) mass is 227 g/mol. The van der Waals surface area contributed by atoms with Gasteiger partial charge < -0.3 is 5.11 Å². The predicted molar refractivity (Wildman–Crippen MR) is 57.7 cm³/mol. The van der Waals surface area contributed by atoms with Crippen molar-refractivity contribution < 1.29 is 9.90 Å². The Morgan fingerprint density at radius 3 is 3.00 bits per heavy atom. The summed E-state index contributed by atoms with van der Waals surface area (Å²) in [4.78, 5) is 10.8. The number of aromatic nitrogens is 2. The fourth-order valence-electron chi connectivity index (χ4n) is 1.57. The van der Waals surface area contributed by atoms with Gasteiger partial charge in [0.05, 0.1) is 11.6 Å². The zero-order chi connectivity index (χ0) is 11.0. The normalized spacial score (nSPS) is 25.7. The summed E-state index contributed by atoms with van der Waals surface area (Å²) in [5, 5.41) is 16.1. The number of hydrogen-bond acceptors (Lipinski definition) is 4. The van der Waals surface area contributed by atoms with Crippen LogP contribution in [0.4, 0.5) is 0 Å². The first-order valence-corrected chi connectivity index (χ1v) is 5.73. The minimum Gasteiger partial charge on any atom is -0.480 e. The summed E-state index contributed by atoms with van der Waals surface area (Å²) in [6, 6.07) is -0.445. The number of aliphatic carboxylic acids is 1. The van der Waals surface area contributed by atoms with E-state index in [9.17, 15) is 4.79 Å². The van der Waals surface area contributed by atoms with Crippen molar-refractivity contribution in [1.29, 1.82) is 0 Å². The van der Waals surface area contributed by atoms with Crippen LogP contribution in [0.3, 0.4) is 0 Å². The number of nitrogens with one attached hydrogen (secondary N) is 1. The molecule has 0 amide bonds. The number of carboxylic acid groups (broad SMARTS) is 1. The van der Waals surface area contributed by atoms with E-state index in [1.54, 1.807) is 22.6 Å². The molecular formula is C9H13N3O2S. The molecule has 0 spiro atoms. The number of aryl methyl sites for hydroxylation is 1. The van der Waals surface area contributed by atoms with Crippen molar-refractivity contribution in [1.82, 2.24) is 15.1 Å². The molecule has 0 aromatic carbocycles. The average molecular weight is 227 g/mol. The van der Waals surface area contributed by atoms with Crippen LogP contribution in [-0.4, -0.2) is 32.7 Å². The lowest BCUT2D eigenvalue weighted by Crippen LogP contribution is -2.33. The topological polar surface area (TPSA) is 67.2 Å². The van der Waals surface area contributed by atoms with Gasteiger partial charge in [-0.05, 0) is 6.92 Å². The summed E-state index contributed by atoms with van der Waals surface area (Å²) in [5.41, 5.74) is 2.15. The van der Waals surface area contributed by atoms with Crippen LogP contribution in [0.5, 0.6) is 0 Å². The van der Waals surface area contributed by atoms with Gasteiger partial charge in [0.25, 0.3) is 0 Å². The van der Waals surface area contributed by atoms with Crippen LogP contribution < -0.4 is 5.32 Å². The lowest BCUT2D eigenvalue weighted by atomic mass is 10.2. The molecule has 6 heteroatoms. The van der Waals surface area contributed by atoms with Crippen LogP contribution in [0, 0.1) is 6.92 Å². The molecule has 2 N–H and O–H groups in total. The first kappa shape index (κ1) is 10.5. The Labute approximate surface area is 91.9 Å². The summed E-state index contributed by atoms with van der Waals surface area (Å²) in [7, 11) is 1.88. The van der Waals surface area contributed by atoms with Crippen molar-refractivity contribution in [2.24, 2.45) is 7.05 Å². The van der Waals surface area contributed by atoms with Crippen LogP contribution in [0.25, 0.3) is 0 Å². The molecular weight excluding hydrogens is 214 g/mol. The maximum atomic E-state index is 10.8. The molecule has 5 nitrogen and oxygen atoms in total. The standard InChI is InChI=1S/C9H13N3O2S/c1-5-6(3-10-12(5)2)8-11-7(4-15-8)9(13)14/h3,7-8,11H,4H2,1-2H3,(H,13,14)/t7-,8+/m0/s1. The first-order chi connectivity index (χ1) is 7.09. The summed E-state index contributed by atoms with van der Waals surface area (Å²) in [6.45, 7) is 1.98. The van der Waals surface area contributed by atoms with Crippen molar-refractivity contribution in [3.8, 4) is 0 Å². The van der Waals surface area contributed by atoms with E-state index in [2.05, 4.69) is 10.4 Å². The Hall–Kier alpha value is -1.01. The van der Waals surface area contributed by atoms with Gasteiger partial charge >= 0.3 is 5.97 Å². The molecule has 15 heavy (non-hydrogen) atoms. The molecule has 0 saturated carbocycles. The Kier molecular flexibility index (Phi) is 2.70. The Morgan fingerprint density at radius 2 is 2.53 bits per heavy atom. The van der Waals surface area contributed by atoms with Crippen LogP contribution in [0.1, 0.15) is 16.6 Å². The minimum atomic E-state index is -0.786. The highest BCUT2D eigenvalue weighted by Crippen LogP contribution is 2.34. The lowest BCUT2D eigenvalue weighted by molar-refractivity contribution is -0.138. The van der Waals surface area contributed by atoms with E-state index in [1.165, 1.54) is 0 Å². The zero-order valence-corrected chi connectivity index (χ0v) is 9.41. The maximum absolute atomic E-state index is 10.8. The highest BCUT2D eigenvalue weighted by Gasteiger charge is 2.31. The first-order valence-electron chi connectivity index (χ1n) is 4.68. The molecule has 1 aromatic rings. The number of carboxylic acids is 1. The molecule has 1 saturated heterocycles. The lowest BCUT2D eigenvalue weighted by Gasteiger charge is -2.10. The smallest absolute Gasteiger partial charge is 0.321 e. The summed E-state index contributed by atoms with van der Waals surface area (Å²) < 4.78 is 1.80. The number of nitrogens with zero attached hydrogens (tertiary/aromatic N) is 2. The summed E-state index contributed by atoms with van der Waals surface area (Å²) in [6.07, 6.45) is 1.80. The molecule has 2 atom stereocenters. The Balaban J connectivity index is 2.14. The van der Waals surface area contributed by atoms with E-state index in [0.717, 1.165) is 11.3 Å². The van der Waals surface area contributed by atoms with Gasteiger partial charge in [-0.2, -0.15) is 5.10 Å². The zero-order valence-electron chi connectivity index (χ0n) is 8.60. The maximum Gasteiger partial charge on any atom is 0.321 e. The fourth-order valence-corrected chi connectivity index (χ4v) is 2.86. The van der Waals surface area contributed by atoms with Gasteiger partial charge in [-0.25, -0.2) is 0 Å². The Morgan fingerprint density at radius 1 is 1.80 bits per heavy atom. The van der Waals surface area contributed by atoms with Gasteiger partial charge in [-0.1, -0.05) is 0 Å². The molecule has 1 aromatic heterocycles. The predicted octanol–water partition coefficient (Wildman–Crippen LogP) is 0.517. The van der Waals surface area contributed by atoms with Gasteiger partial charge in [0.15, 0.2) is 0 Å². The van der Waals surface area contributed by atoms with Crippen LogP contribution in [0.15, 0.2) is 6.20 Å². The molecule has 1 aliphatic rings. The number of thioether (sulfide) groups is 1. The van der Waals surface area contributed by atoms with Gasteiger partial charge in [-0.3, -0.25) is 14.8 Å². The molecule has 2 rings (SSSR count). The van der Waals surface area contributed by atoms with Crippen molar-refractivity contribution >= 4 is 17.7 Å². The summed E-state index contributed by atoms with van der Waals surface area (Å²) in [5.74, 6) is -0.180. The van der Waals surface area contributed by atoms with Crippen molar-refractivity contribution in [3.05, 3.63) is 17.5 Å². The molecule has 1 aliphatic heterocycles. The van der Waals surface area contributed by atoms with E-state index in [1.807, 2.05) is 14.0 Å². The molecule has 82 valence electrons. The third-order valence-corrected chi connectivity index (χ3v) is 3.89. The van der Waals surface area contributed by atoms with E-state index in [-0.39, 0.29) is 5.37 Å².